The van der Waals surface area contributed by atoms with Crippen LogP contribution in [0.25, 0.3) is 0 Å². The minimum absolute atomic E-state index is 0.133. The van der Waals surface area contributed by atoms with Gasteiger partial charge < -0.3 is 0 Å². The van der Waals surface area contributed by atoms with E-state index in [2.05, 4.69) is 5.32 Å². The summed E-state index contributed by atoms with van der Waals surface area (Å²) in [5, 5.41) is 19.2. The lowest BCUT2D eigenvalue weighted by Crippen LogP contribution is -2.03. The Bertz CT molecular complexity index is 91.1. The molecular formula is C4H4N3. The van der Waals surface area contributed by atoms with Gasteiger partial charge in [0.1, 0.15) is 13.1 Å². The van der Waals surface area contributed by atoms with Crippen molar-refractivity contribution in [2.24, 2.45) is 0 Å². The molecule has 0 saturated carbocycles. The molecule has 3 heteroatoms. The maximum absolute atomic E-state index is 7.84. The van der Waals surface area contributed by atoms with E-state index in [9.17, 15) is 0 Å². The molecule has 0 spiro atoms. The number of rotatable bonds is 2. The van der Waals surface area contributed by atoms with Crippen LogP contribution in [-0.4, -0.2) is 13.1 Å². The van der Waals surface area contributed by atoms with Gasteiger partial charge in [-0.05, 0) is 0 Å². The second kappa shape index (κ2) is 4.94. The molecule has 0 aromatic heterocycles. The predicted octanol–water partition coefficient (Wildman–Crippen LogP) is -0.362. The molecule has 1 radical (unpaired) electrons. The first-order chi connectivity index (χ1) is 3.41. The molecule has 0 aliphatic carbocycles. The summed E-state index contributed by atoms with van der Waals surface area (Å²) in [7, 11) is 0. The van der Waals surface area contributed by atoms with E-state index >= 15 is 0 Å². The SMILES string of the molecule is N#CC[N]CC#N. The molecular weight excluding hydrogens is 90.1 g/mol. The van der Waals surface area contributed by atoms with Crippen molar-refractivity contribution in [1.29, 1.82) is 10.5 Å². The van der Waals surface area contributed by atoms with E-state index in [0.29, 0.717) is 0 Å². The number of nitriles is 2. The van der Waals surface area contributed by atoms with Gasteiger partial charge in [0, 0.05) is 0 Å². The van der Waals surface area contributed by atoms with Gasteiger partial charge in [-0.2, -0.15) is 10.5 Å². The number of hydrogen-bond donors (Lipinski definition) is 0. The van der Waals surface area contributed by atoms with Crippen LogP contribution in [0.4, 0.5) is 0 Å². The van der Waals surface area contributed by atoms with Crippen LogP contribution in [0.2, 0.25) is 0 Å². The summed E-state index contributed by atoms with van der Waals surface area (Å²) in [6.45, 7) is 0.265. The van der Waals surface area contributed by atoms with Gasteiger partial charge in [-0.3, -0.25) is 0 Å². The van der Waals surface area contributed by atoms with E-state index in [-0.39, 0.29) is 13.1 Å². The molecule has 3 nitrogen and oxygen atoms in total. The molecule has 0 heterocycles. The average Bonchev–Trinajstić information content (AvgIpc) is 1.69. The fourth-order valence-corrected chi connectivity index (χ4v) is 0.156. The van der Waals surface area contributed by atoms with Crippen molar-refractivity contribution in [3.63, 3.8) is 0 Å². The molecule has 0 aliphatic rings. The largest absolute Gasteiger partial charge is 0.212 e. The molecule has 35 valence electrons. The van der Waals surface area contributed by atoms with Crippen molar-refractivity contribution in [3.8, 4) is 12.1 Å². The summed E-state index contributed by atoms with van der Waals surface area (Å²) >= 11 is 0. The van der Waals surface area contributed by atoms with Crippen molar-refractivity contribution in [2.75, 3.05) is 13.1 Å². The topological polar surface area (TPSA) is 61.7 Å². The van der Waals surface area contributed by atoms with Crippen molar-refractivity contribution in [2.45, 2.75) is 0 Å². The maximum atomic E-state index is 7.84. The zero-order chi connectivity index (χ0) is 5.54. The Balaban J connectivity index is 2.77. The number of nitrogens with zero attached hydrogens (tertiary/aromatic N) is 3. The van der Waals surface area contributed by atoms with Crippen LogP contribution in [0, 0.1) is 22.7 Å². The zero-order valence-electron chi connectivity index (χ0n) is 3.76. The van der Waals surface area contributed by atoms with Crippen molar-refractivity contribution in [1.82, 2.24) is 5.32 Å². The van der Waals surface area contributed by atoms with E-state index in [4.69, 9.17) is 10.5 Å². The van der Waals surface area contributed by atoms with E-state index in [0.717, 1.165) is 0 Å². The summed E-state index contributed by atoms with van der Waals surface area (Å²) in [6.07, 6.45) is 0. The second-order valence-corrected chi connectivity index (χ2v) is 0.856. The lowest BCUT2D eigenvalue weighted by Gasteiger charge is -1.78. The van der Waals surface area contributed by atoms with Gasteiger partial charge in [0.2, 0.25) is 0 Å². The van der Waals surface area contributed by atoms with Crippen LogP contribution in [0.5, 0.6) is 0 Å². The maximum Gasteiger partial charge on any atom is 0.102 e. The Morgan fingerprint density at radius 3 is 1.86 bits per heavy atom. The van der Waals surface area contributed by atoms with Gasteiger partial charge in [-0.25, -0.2) is 5.32 Å². The normalized spacial score (nSPS) is 6.57. The van der Waals surface area contributed by atoms with Gasteiger partial charge in [-0.15, -0.1) is 0 Å². The molecule has 0 bridgehead atoms. The molecule has 0 N–H and O–H groups in total. The van der Waals surface area contributed by atoms with E-state index in [1.807, 2.05) is 0 Å². The molecule has 0 fully saturated rings. The van der Waals surface area contributed by atoms with Gasteiger partial charge in [0.05, 0.1) is 12.1 Å². The van der Waals surface area contributed by atoms with Crippen LogP contribution in [0.15, 0.2) is 0 Å². The standard InChI is InChI=1S/C4H4N3/c5-1-3-7-4-2-6/h3-4H2. The van der Waals surface area contributed by atoms with E-state index in [1.165, 1.54) is 0 Å². The molecule has 0 saturated heterocycles. The first-order valence-electron chi connectivity index (χ1n) is 1.79. The van der Waals surface area contributed by atoms with Gasteiger partial charge >= 0.3 is 0 Å². The highest BCUT2D eigenvalue weighted by Crippen LogP contribution is 1.55. The van der Waals surface area contributed by atoms with Crippen LogP contribution >= 0.6 is 0 Å². The van der Waals surface area contributed by atoms with Gasteiger partial charge in [-0.1, -0.05) is 0 Å². The zero-order valence-corrected chi connectivity index (χ0v) is 3.76. The van der Waals surface area contributed by atoms with Crippen molar-refractivity contribution >= 4 is 0 Å². The minimum Gasteiger partial charge on any atom is -0.212 e. The molecule has 0 aromatic carbocycles. The van der Waals surface area contributed by atoms with Crippen LogP contribution in [0.1, 0.15) is 0 Å². The first kappa shape index (κ1) is 5.94. The summed E-state index contributed by atoms with van der Waals surface area (Å²) < 4.78 is 0. The fraction of sp³-hybridized carbons (Fsp3) is 0.500. The summed E-state index contributed by atoms with van der Waals surface area (Å²) in [5.74, 6) is 0. The predicted molar refractivity (Wildman–Crippen MR) is 23.1 cm³/mol. The molecule has 0 aliphatic heterocycles. The van der Waals surface area contributed by atoms with Crippen LogP contribution in [-0.2, 0) is 0 Å². The number of hydrogen-bond acceptors (Lipinski definition) is 2. The van der Waals surface area contributed by atoms with E-state index < -0.39 is 0 Å². The van der Waals surface area contributed by atoms with E-state index in [1.54, 1.807) is 12.1 Å². The third kappa shape index (κ3) is 4.94. The minimum atomic E-state index is 0.133. The van der Waals surface area contributed by atoms with Gasteiger partial charge in [0.15, 0.2) is 0 Å². The highest BCUT2D eigenvalue weighted by Gasteiger charge is 1.77. The summed E-state index contributed by atoms with van der Waals surface area (Å²) in [4.78, 5) is 0. The molecule has 0 unspecified atom stereocenters. The quantitative estimate of drug-likeness (QED) is 0.346. The smallest absolute Gasteiger partial charge is 0.102 e. The van der Waals surface area contributed by atoms with Crippen molar-refractivity contribution in [3.05, 3.63) is 0 Å². The van der Waals surface area contributed by atoms with Gasteiger partial charge in [0.25, 0.3) is 0 Å². The van der Waals surface area contributed by atoms with Crippen molar-refractivity contribution < 1.29 is 0 Å². The Morgan fingerprint density at radius 1 is 1.14 bits per heavy atom. The molecule has 0 aromatic rings. The van der Waals surface area contributed by atoms with Crippen LogP contribution < -0.4 is 5.32 Å². The first-order valence-corrected chi connectivity index (χ1v) is 1.79. The Kier molecular flexibility index (Phi) is 4.19. The molecule has 0 amide bonds. The Labute approximate surface area is 42.2 Å². The monoisotopic (exact) mass is 94.0 g/mol. The molecule has 7 heavy (non-hydrogen) atoms. The Morgan fingerprint density at radius 2 is 1.57 bits per heavy atom. The molecule has 0 atom stereocenters. The summed E-state index contributed by atoms with van der Waals surface area (Å²) in [6, 6.07) is 3.57. The third-order valence-electron chi connectivity index (χ3n) is 0.365. The third-order valence-corrected chi connectivity index (χ3v) is 0.365. The average molecular weight is 94.1 g/mol. The fourth-order valence-electron chi connectivity index (χ4n) is 0.156. The summed E-state index contributed by atoms with van der Waals surface area (Å²) in [5.41, 5.74) is 0. The highest BCUT2D eigenvalue weighted by atomic mass is 14.8. The Hall–Kier alpha value is -1.06. The lowest BCUT2D eigenvalue weighted by molar-refractivity contribution is 0.838. The second-order valence-electron chi connectivity index (χ2n) is 0.856. The molecule has 0 rings (SSSR count). The van der Waals surface area contributed by atoms with Crippen LogP contribution in [0.3, 0.4) is 0 Å². The lowest BCUT2D eigenvalue weighted by atomic mass is 10.6. The highest BCUT2D eigenvalue weighted by molar-refractivity contribution is 4.79.